The SMILES string of the molecule is O=c1[nH]c(CCN2CCO[C@@H]3CCCC[C@H]32)nc2ccccc12. The van der Waals surface area contributed by atoms with Crippen LogP contribution < -0.4 is 5.56 Å². The molecular formula is C18H23N3O2. The normalized spacial score (nSPS) is 25.4. The van der Waals surface area contributed by atoms with Gasteiger partial charge < -0.3 is 9.72 Å². The highest BCUT2D eigenvalue weighted by atomic mass is 16.5. The molecule has 1 aliphatic carbocycles. The Labute approximate surface area is 135 Å². The van der Waals surface area contributed by atoms with Gasteiger partial charge in [0, 0.05) is 25.6 Å². The van der Waals surface area contributed by atoms with Crippen molar-refractivity contribution >= 4 is 10.9 Å². The molecule has 1 aliphatic heterocycles. The third-order valence-corrected chi connectivity index (χ3v) is 5.14. The highest BCUT2D eigenvalue weighted by Gasteiger charge is 2.33. The monoisotopic (exact) mass is 313 g/mol. The molecule has 4 rings (SSSR count). The smallest absolute Gasteiger partial charge is 0.258 e. The molecule has 5 heteroatoms. The summed E-state index contributed by atoms with van der Waals surface area (Å²) in [5.41, 5.74) is 0.742. The zero-order chi connectivity index (χ0) is 15.6. The van der Waals surface area contributed by atoms with E-state index in [1.54, 1.807) is 0 Å². The molecule has 1 aromatic carbocycles. The molecule has 0 spiro atoms. The summed E-state index contributed by atoms with van der Waals surface area (Å²) in [5.74, 6) is 0.785. The van der Waals surface area contributed by atoms with Crippen LogP contribution in [0.5, 0.6) is 0 Å². The van der Waals surface area contributed by atoms with Gasteiger partial charge in [-0.15, -0.1) is 0 Å². The van der Waals surface area contributed by atoms with Gasteiger partial charge in [0.2, 0.25) is 0 Å². The van der Waals surface area contributed by atoms with Crippen molar-refractivity contribution in [3.63, 3.8) is 0 Å². The van der Waals surface area contributed by atoms with Crippen LogP contribution in [0.4, 0.5) is 0 Å². The first kappa shape index (κ1) is 14.8. The molecule has 0 unspecified atom stereocenters. The zero-order valence-corrected chi connectivity index (χ0v) is 13.3. The van der Waals surface area contributed by atoms with Crippen molar-refractivity contribution in [3.8, 4) is 0 Å². The molecule has 2 fully saturated rings. The number of aromatic nitrogens is 2. The van der Waals surface area contributed by atoms with Crippen molar-refractivity contribution in [2.24, 2.45) is 0 Å². The lowest BCUT2D eigenvalue weighted by molar-refractivity contribution is -0.0876. The number of nitrogens with one attached hydrogen (secondary N) is 1. The van der Waals surface area contributed by atoms with E-state index in [4.69, 9.17) is 4.74 Å². The first-order valence-corrected chi connectivity index (χ1v) is 8.65. The van der Waals surface area contributed by atoms with Crippen molar-refractivity contribution in [2.75, 3.05) is 19.7 Å². The second kappa shape index (κ2) is 6.42. The van der Waals surface area contributed by atoms with Crippen LogP contribution in [0, 0.1) is 0 Å². The number of benzene rings is 1. The Hall–Kier alpha value is -1.72. The minimum atomic E-state index is -0.0388. The van der Waals surface area contributed by atoms with Crippen LogP contribution in [0.1, 0.15) is 31.5 Å². The van der Waals surface area contributed by atoms with E-state index in [2.05, 4.69) is 14.9 Å². The molecule has 0 radical (unpaired) electrons. The van der Waals surface area contributed by atoms with Crippen molar-refractivity contribution in [1.29, 1.82) is 0 Å². The topological polar surface area (TPSA) is 58.2 Å². The molecule has 0 amide bonds. The largest absolute Gasteiger partial charge is 0.375 e. The number of para-hydroxylation sites is 1. The standard InChI is InChI=1S/C18H23N3O2/c22-18-13-5-1-2-6-14(13)19-17(20-18)9-10-21-11-12-23-16-8-4-3-7-15(16)21/h1-2,5-6,15-16H,3-4,7-12H2,(H,19,20,22)/t15-,16-/m1/s1. The third kappa shape index (κ3) is 3.03. The van der Waals surface area contributed by atoms with Crippen LogP contribution in [-0.2, 0) is 11.2 Å². The molecule has 23 heavy (non-hydrogen) atoms. The lowest BCUT2D eigenvalue weighted by Crippen LogP contribution is -2.53. The molecule has 2 aromatic rings. The van der Waals surface area contributed by atoms with Crippen LogP contribution in [-0.4, -0.2) is 46.7 Å². The first-order valence-electron chi connectivity index (χ1n) is 8.65. The summed E-state index contributed by atoms with van der Waals surface area (Å²) in [6.07, 6.45) is 6.18. The van der Waals surface area contributed by atoms with E-state index in [1.807, 2.05) is 24.3 Å². The summed E-state index contributed by atoms with van der Waals surface area (Å²) in [7, 11) is 0. The number of aromatic amines is 1. The van der Waals surface area contributed by atoms with E-state index < -0.39 is 0 Å². The molecular weight excluding hydrogens is 290 g/mol. The molecule has 1 saturated carbocycles. The van der Waals surface area contributed by atoms with E-state index in [9.17, 15) is 4.79 Å². The number of H-pyrrole nitrogens is 1. The summed E-state index contributed by atoms with van der Waals surface area (Å²) in [6, 6.07) is 8.06. The molecule has 1 N–H and O–H groups in total. The number of morpholine rings is 1. The molecule has 0 bridgehead atoms. The fourth-order valence-corrected chi connectivity index (χ4v) is 3.96. The number of hydrogen-bond acceptors (Lipinski definition) is 4. The predicted molar refractivity (Wildman–Crippen MR) is 89.6 cm³/mol. The molecule has 1 saturated heterocycles. The average molecular weight is 313 g/mol. The quantitative estimate of drug-likeness (QED) is 0.943. The van der Waals surface area contributed by atoms with E-state index in [0.29, 0.717) is 17.5 Å². The Morgan fingerprint density at radius 2 is 2.13 bits per heavy atom. The first-order chi connectivity index (χ1) is 11.3. The van der Waals surface area contributed by atoms with Gasteiger partial charge in [-0.05, 0) is 25.0 Å². The number of ether oxygens (including phenoxy) is 1. The molecule has 2 atom stereocenters. The van der Waals surface area contributed by atoms with Gasteiger partial charge in [-0.2, -0.15) is 0 Å². The summed E-state index contributed by atoms with van der Waals surface area (Å²) in [4.78, 5) is 22.2. The zero-order valence-electron chi connectivity index (χ0n) is 13.3. The van der Waals surface area contributed by atoms with Gasteiger partial charge in [-0.3, -0.25) is 9.69 Å². The number of rotatable bonds is 3. The van der Waals surface area contributed by atoms with Crippen molar-refractivity contribution in [3.05, 3.63) is 40.4 Å². The van der Waals surface area contributed by atoms with Gasteiger partial charge in [-0.1, -0.05) is 25.0 Å². The van der Waals surface area contributed by atoms with E-state index in [0.717, 1.165) is 37.5 Å². The van der Waals surface area contributed by atoms with Gasteiger partial charge >= 0.3 is 0 Å². The highest BCUT2D eigenvalue weighted by Crippen LogP contribution is 2.28. The maximum absolute atomic E-state index is 12.1. The minimum Gasteiger partial charge on any atom is -0.375 e. The number of nitrogens with zero attached hydrogens (tertiary/aromatic N) is 2. The predicted octanol–water partition coefficient (Wildman–Crippen LogP) is 2.11. The Morgan fingerprint density at radius 3 is 3.09 bits per heavy atom. The van der Waals surface area contributed by atoms with Crippen LogP contribution in [0.3, 0.4) is 0 Å². The summed E-state index contributed by atoms with van der Waals surface area (Å²) in [5, 5.41) is 0.662. The van der Waals surface area contributed by atoms with Crippen LogP contribution in [0.25, 0.3) is 10.9 Å². The number of hydrogen-bond donors (Lipinski definition) is 1. The van der Waals surface area contributed by atoms with Crippen molar-refractivity contribution in [2.45, 2.75) is 44.2 Å². The lowest BCUT2D eigenvalue weighted by Gasteiger charge is -2.43. The Morgan fingerprint density at radius 1 is 1.26 bits per heavy atom. The maximum Gasteiger partial charge on any atom is 0.258 e. The van der Waals surface area contributed by atoms with Crippen molar-refractivity contribution < 1.29 is 4.74 Å². The van der Waals surface area contributed by atoms with E-state index >= 15 is 0 Å². The fraction of sp³-hybridized carbons (Fsp3) is 0.556. The van der Waals surface area contributed by atoms with Gasteiger partial charge in [0.25, 0.3) is 5.56 Å². The van der Waals surface area contributed by atoms with Crippen LogP contribution in [0.2, 0.25) is 0 Å². The highest BCUT2D eigenvalue weighted by molar-refractivity contribution is 5.77. The second-order valence-corrected chi connectivity index (χ2v) is 6.58. The maximum atomic E-state index is 12.1. The Kier molecular flexibility index (Phi) is 4.14. The molecule has 1 aromatic heterocycles. The Bertz CT molecular complexity index is 740. The number of fused-ring (bicyclic) bond motifs is 2. The lowest BCUT2D eigenvalue weighted by atomic mass is 9.90. The fourth-order valence-electron chi connectivity index (χ4n) is 3.96. The van der Waals surface area contributed by atoms with E-state index in [-0.39, 0.29) is 5.56 Å². The van der Waals surface area contributed by atoms with Gasteiger partial charge in [0.15, 0.2) is 0 Å². The molecule has 5 nitrogen and oxygen atoms in total. The Balaban J connectivity index is 1.49. The van der Waals surface area contributed by atoms with Crippen LogP contribution >= 0.6 is 0 Å². The molecule has 2 aliphatic rings. The summed E-state index contributed by atoms with van der Waals surface area (Å²) >= 11 is 0. The van der Waals surface area contributed by atoms with Crippen molar-refractivity contribution in [1.82, 2.24) is 14.9 Å². The summed E-state index contributed by atoms with van der Waals surface area (Å²) < 4.78 is 5.93. The second-order valence-electron chi connectivity index (χ2n) is 6.58. The van der Waals surface area contributed by atoms with Crippen LogP contribution in [0.15, 0.2) is 29.1 Å². The van der Waals surface area contributed by atoms with Gasteiger partial charge in [-0.25, -0.2) is 4.98 Å². The minimum absolute atomic E-state index is 0.0388. The van der Waals surface area contributed by atoms with Gasteiger partial charge in [0.05, 0.1) is 23.6 Å². The molecule has 2 heterocycles. The average Bonchev–Trinajstić information content (AvgIpc) is 2.60. The molecule has 122 valence electrons. The van der Waals surface area contributed by atoms with Gasteiger partial charge in [0.1, 0.15) is 5.82 Å². The van der Waals surface area contributed by atoms with E-state index in [1.165, 1.54) is 25.7 Å². The summed E-state index contributed by atoms with van der Waals surface area (Å²) in [6.45, 7) is 2.74. The third-order valence-electron chi connectivity index (χ3n) is 5.14.